The van der Waals surface area contributed by atoms with E-state index in [1.54, 1.807) is 17.4 Å². The van der Waals surface area contributed by atoms with Crippen LogP contribution in [-0.4, -0.2) is 11.9 Å². The summed E-state index contributed by atoms with van der Waals surface area (Å²) in [5.41, 5.74) is 7.25. The Labute approximate surface area is 111 Å². The number of halogens is 1. The van der Waals surface area contributed by atoms with Crippen LogP contribution in [0.5, 0.6) is 0 Å². The Hall–Kier alpha value is -1.23. The molecule has 0 radical (unpaired) electrons. The molecule has 2 N–H and O–H groups in total. The van der Waals surface area contributed by atoms with Crippen LogP contribution in [0.25, 0.3) is 0 Å². The zero-order valence-corrected chi connectivity index (χ0v) is 11.2. The molecule has 96 valence electrons. The third kappa shape index (κ3) is 3.38. The van der Waals surface area contributed by atoms with Gasteiger partial charge in [0.1, 0.15) is 5.82 Å². The van der Waals surface area contributed by atoms with Crippen molar-refractivity contribution in [2.75, 3.05) is 7.05 Å². The highest BCUT2D eigenvalue weighted by molar-refractivity contribution is 7.09. The summed E-state index contributed by atoms with van der Waals surface area (Å²) in [5.74, 6) is -0.162. The minimum atomic E-state index is -0.162. The first-order valence-electron chi connectivity index (χ1n) is 5.87. The highest BCUT2D eigenvalue weighted by Gasteiger charge is 2.07. The van der Waals surface area contributed by atoms with Crippen LogP contribution < -0.4 is 5.73 Å². The van der Waals surface area contributed by atoms with Gasteiger partial charge in [-0.1, -0.05) is 18.2 Å². The second-order valence-corrected chi connectivity index (χ2v) is 5.41. The van der Waals surface area contributed by atoms with Crippen LogP contribution in [0.4, 0.5) is 4.39 Å². The summed E-state index contributed by atoms with van der Waals surface area (Å²) < 4.78 is 13.7. The maximum atomic E-state index is 13.7. The number of hydrogen-bond donors (Lipinski definition) is 1. The Morgan fingerprint density at radius 3 is 2.78 bits per heavy atom. The Balaban J connectivity index is 2.04. The van der Waals surface area contributed by atoms with Gasteiger partial charge in [-0.15, -0.1) is 11.3 Å². The molecule has 0 aliphatic carbocycles. The largest absolute Gasteiger partial charge is 0.326 e. The Bertz CT molecular complexity index is 497. The molecule has 2 aromatic rings. The minimum absolute atomic E-state index is 0.162. The zero-order valence-electron chi connectivity index (χ0n) is 10.4. The summed E-state index contributed by atoms with van der Waals surface area (Å²) in [7, 11) is 1.99. The predicted molar refractivity (Wildman–Crippen MR) is 73.8 cm³/mol. The van der Waals surface area contributed by atoms with E-state index in [1.165, 1.54) is 10.9 Å². The van der Waals surface area contributed by atoms with Crippen molar-refractivity contribution in [2.45, 2.75) is 19.6 Å². The first kappa shape index (κ1) is 13.2. The van der Waals surface area contributed by atoms with Gasteiger partial charge in [-0.3, -0.25) is 4.90 Å². The molecule has 0 saturated heterocycles. The van der Waals surface area contributed by atoms with E-state index in [1.807, 2.05) is 19.2 Å². The van der Waals surface area contributed by atoms with E-state index >= 15 is 0 Å². The Morgan fingerprint density at radius 1 is 1.28 bits per heavy atom. The van der Waals surface area contributed by atoms with Crippen molar-refractivity contribution in [1.82, 2.24) is 4.90 Å². The van der Waals surface area contributed by atoms with E-state index in [9.17, 15) is 4.39 Å². The van der Waals surface area contributed by atoms with Gasteiger partial charge in [0, 0.05) is 30.1 Å². The number of rotatable bonds is 5. The summed E-state index contributed by atoms with van der Waals surface area (Å²) >= 11 is 1.72. The number of hydrogen-bond acceptors (Lipinski definition) is 3. The molecule has 0 amide bonds. The number of nitrogens with zero attached hydrogens (tertiary/aromatic N) is 1. The summed E-state index contributed by atoms with van der Waals surface area (Å²) in [6, 6.07) is 9.20. The summed E-state index contributed by atoms with van der Waals surface area (Å²) in [4.78, 5) is 3.39. The average Bonchev–Trinajstić information content (AvgIpc) is 2.84. The van der Waals surface area contributed by atoms with Crippen LogP contribution in [0.3, 0.4) is 0 Å². The minimum Gasteiger partial charge on any atom is -0.326 e. The molecule has 0 saturated carbocycles. The first-order valence-corrected chi connectivity index (χ1v) is 6.75. The van der Waals surface area contributed by atoms with E-state index in [2.05, 4.69) is 16.3 Å². The van der Waals surface area contributed by atoms with Crippen molar-refractivity contribution in [2.24, 2.45) is 5.73 Å². The van der Waals surface area contributed by atoms with Crippen molar-refractivity contribution in [3.63, 3.8) is 0 Å². The smallest absolute Gasteiger partial charge is 0.127 e. The molecule has 18 heavy (non-hydrogen) atoms. The fraction of sp³-hybridized carbons (Fsp3) is 0.286. The standard InChI is InChI=1S/C14H17FN2S/c1-17(10-13-3-2-6-18-13)9-12-7-11(8-16)4-5-14(12)15/h2-7H,8-10,16H2,1H3. The van der Waals surface area contributed by atoms with E-state index < -0.39 is 0 Å². The Morgan fingerprint density at radius 2 is 2.11 bits per heavy atom. The monoisotopic (exact) mass is 264 g/mol. The van der Waals surface area contributed by atoms with Gasteiger partial charge in [0.05, 0.1) is 0 Å². The maximum absolute atomic E-state index is 13.7. The van der Waals surface area contributed by atoms with E-state index in [0.717, 1.165) is 12.1 Å². The van der Waals surface area contributed by atoms with Gasteiger partial charge in [0.25, 0.3) is 0 Å². The van der Waals surface area contributed by atoms with Gasteiger partial charge in [-0.25, -0.2) is 4.39 Å². The molecule has 0 bridgehead atoms. The SMILES string of the molecule is CN(Cc1cccs1)Cc1cc(CN)ccc1F. The van der Waals surface area contributed by atoms with Crippen molar-refractivity contribution >= 4 is 11.3 Å². The topological polar surface area (TPSA) is 29.3 Å². The number of benzene rings is 1. The first-order chi connectivity index (χ1) is 8.69. The molecule has 0 spiro atoms. The molecule has 1 heterocycles. The summed E-state index contributed by atoms with van der Waals surface area (Å²) in [6.07, 6.45) is 0. The molecule has 2 rings (SSSR count). The van der Waals surface area contributed by atoms with Crippen LogP contribution in [0.2, 0.25) is 0 Å². The number of nitrogens with two attached hydrogens (primary N) is 1. The highest BCUT2D eigenvalue weighted by Crippen LogP contribution is 2.16. The maximum Gasteiger partial charge on any atom is 0.127 e. The third-order valence-corrected chi connectivity index (χ3v) is 3.65. The van der Waals surface area contributed by atoms with Crippen LogP contribution >= 0.6 is 11.3 Å². The van der Waals surface area contributed by atoms with Crippen molar-refractivity contribution in [1.29, 1.82) is 0 Å². The summed E-state index contributed by atoms with van der Waals surface area (Å²) in [6.45, 7) is 1.88. The average molecular weight is 264 g/mol. The second kappa shape index (κ2) is 6.09. The van der Waals surface area contributed by atoms with Crippen LogP contribution in [0.15, 0.2) is 35.7 Å². The van der Waals surface area contributed by atoms with Crippen LogP contribution in [0, 0.1) is 5.82 Å². The van der Waals surface area contributed by atoms with E-state index in [-0.39, 0.29) is 5.82 Å². The summed E-state index contributed by atoms with van der Waals surface area (Å²) in [5, 5.41) is 2.05. The zero-order chi connectivity index (χ0) is 13.0. The van der Waals surface area contributed by atoms with E-state index in [4.69, 9.17) is 5.73 Å². The van der Waals surface area contributed by atoms with Crippen LogP contribution in [-0.2, 0) is 19.6 Å². The molecular weight excluding hydrogens is 247 g/mol. The van der Waals surface area contributed by atoms with Gasteiger partial charge >= 0.3 is 0 Å². The van der Waals surface area contributed by atoms with Gasteiger partial charge in [0.2, 0.25) is 0 Å². The molecule has 1 aromatic heterocycles. The molecule has 0 aliphatic rings. The lowest BCUT2D eigenvalue weighted by Gasteiger charge is -2.16. The normalized spacial score (nSPS) is 11.1. The van der Waals surface area contributed by atoms with Crippen LogP contribution in [0.1, 0.15) is 16.0 Å². The number of thiophene rings is 1. The molecule has 0 atom stereocenters. The lowest BCUT2D eigenvalue weighted by atomic mass is 10.1. The quantitative estimate of drug-likeness (QED) is 0.899. The molecule has 4 heteroatoms. The van der Waals surface area contributed by atoms with Gasteiger partial charge in [0.15, 0.2) is 0 Å². The van der Waals surface area contributed by atoms with Crippen molar-refractivity contribution in [3.8, 4) is 0 Å². The molecule has 0 fully saturated rings. The molecule has 0 aliphatic heterocycles. The predicted octanol–water partition coefficient (Wildman–Crippen LogP) is 2.98. The lowest BCUT2D eigenvalue weighted by molar-refractivity contribution is 0.316. The van der Waals surface area contributed by atoms with Gasteiger partial charge in [-0.05, 0) is 30.1 Å². The molecular formula is C14H17FN2S. The van der Waals surface area contributed by atoms with Gasteiger partial charge in [-0.2, -0.15) is 0 Å². The highest BCUT2D eigenvalue weighted by atomic mass is 32.1. The second-order valence-electron chi connectivity index (χ2n) is 4.38. The van der Waals surface area contributed by atoms with Crippen molar-refractivity contribution < 1.29 is 4.39 Å². The molecule has 0 unspecified atom stereocenters. The van der Waals surface area contributed by atoms with Gasteiger partial charge < -0.3 is 5.73 Å². The third-order valence-electron chi connectivity index (χ3n) is 2.79. The van der Waals surface area contributed by atoms with E-state index in [0.29, 0.717) is 18.7 Å². The fourth-order valence-corrected chi connectivity index (χ4v) is 2.68. The lowest BCUT2D eigenvalue weighted by Crippen LogP contribution is -2.17. The fourth-order valence-electron chi connectivity index (χ4n) is 1.89. The molecule has 2 nitrogen and oxygen atoms in total. The van der Waals surface area contributed by atoms with Crippen molar-refractivity contribution in [3.05, 3.63) is 57.5 Å². The molecule has 1 aromatic carbocycles. The Kier molecular flexibility index (Phi) is 4.47.